The average molecular weight is 207 g/mol. The van der Waals surface area contributed by atoms with E-state index in [4.69, 9.17) is 16.9 Å². The predicted molar refractivity (Wildman–Crippen MR) is 51.4 cm³/mol. The maximum absolute atomic E-state index is 12.9. The lowest BCUT2D eigenvalue weighted by molar-refractivity contribution is 0.629. The molecular formula is C10H4ClFN2. The number of hydrogen-bond donors (Lipinski definition) is 0. The molecule has 0 atom stereocenters. The van der Waals surface area contributed by atoms with Crippen molar-refractivity contribution >= 4 is 22.5 Å². The molecule has 14 heavy (non-hydrogen) atoms. The van der Waals surface area contributed by atoms with E-state index >= 15 is 0 Å². The van der Waals surface area contributed by atoms with Crippen LogP contribution in [0.1, 0.15) is 5.56 Å². The van der Waals surface area contributed by atoms with E-state index in [-0.39, 0.29) is 5.15 Å². The standard InChI is InChI=1S/C10H4ClFN2/c11-10-3-6(5-13)8-4-7(12)1-2-9(8)14-10/h1-4H. The first-order valence-electron chi connectivity index (χ1n) is 3.86. The Labute approximate surface area is 84.6 Å². The summed E-state index contributed by atoms with van der Waals surface area (Å²) in [5.74, 6) is -0.391. The van der Waals surface area contributed by atoms with E-state index in [0.29, 0.717) is 16.5 Å². The molecule has 0 aliphatic heterocycles. The Kier molecular flexibility index (Phi) is 2.06. The number of fused-ring (bicyclic) bond motifs is 1. The van der Waals surface area contributed by atoms with Gasteiger partial charge in [-0.15, -0.1) is 0 Å². The molecule has 0 aliphatic carbocycles. The average Bonchev–Trinajstić information content (AvgIpc) is 2.17. The number of hydrogen-bond acceptors (Lipinski definition) is 2. The molecule has 0 unspecified atom stereocenters. The van der Waals surface area contributed by atoms with Crippen LogP contribution in [0.25, 0.3) is 10.9 Å². The van der Waals surface area contributed by atoms with Crippen LogP contribution in [0.3, 0.4) is 0 Å². The molecular weight excluding hydrogens is 203 g/mol. The second kappa shape index (κ2) is 3.24. The topological polar surface area (TPSA) is 36.7 Å². The van der Waals surface area contributed by atoms with E-state index in [0.717, 1.165) is 0 Å². The zero-order valence-corrected chi connectivity index (χ0v) is 7.72. The number of nitrogens with zero attached hydrogens (tertiary/aromatic N) is 2. The van der Waals surface area contributed by atoms with Gasteiger partial charge in [0.05, 0.1) is 17.1 Å². The molecule has 0 N–H and O–H groups in total. The van der Waals surface area contributed by atoms with E-state index in [1.807, 2.05) is 6.07 Å². The van der Waals surface area contributed by atoms with Gasteiger partial charge in [0.15, 0.2) is 0 Å². The van der Waals surface area contributed by atoms with Gasteiger partial charge in [0.25, 0.3) is 0 Å². The zero-order valence-electron chi connectivity index (χ0n) is 6.96. The molecule has 0 amide bonds. The van der Waals surface area contributed by atoms with Crippen LogP contribution in [-0.4, -0.2) is 4.98 Å². The van der Waals surface area contributed by atoms with Crippen molar-refractivity contribution in [1.29, 1.82) is 5.26 Å². The third-order valence-corrected chi connectivity index (χ3v) is 2.05. The van der Waals surface area contributed by atoms with E-state index in [9.17, 15) is 4.39 Å². The Bertz CT molecular complexity index is 546. The molecule has 0 aliphatic rings. The number of aromatic nitrogens is 1. The van der Waals surface area contributed by atoms with Crippen LogP contribution in [0.2, 0.25) is 5.15 Å². The van der Waals surface area contributed by atoms with E-state index in [1.54, 1.807) is 0 Å². The maximum Gasteiger partial charge on any atom is 0.131 e. The molecule has 0 saturated carbocycles. The molecule has 1 heterocycles. The summed E-state index contributed by atoms with van der Waals surface area (Å²) in [5.41, 5.74) is 0.856. The summed E-state index contributed by atoms with van der Waals surface area (Å²) < 4.78 is 12.9. The lowest BCUT2D eigenvalue weighted by Crippen LogP contribution is -1.86. The molecule has 2 rings (SSSR count). The number of halogens is 2. The highest BCUT2D eigenvalue weighted by molar-refractivity contribution is 6.30. The molecule has 2 nitrogen and oxygen atoms in total. The van der Waals surface area contributed by atoms with E-state index in [2.05, 4.69) is 4.98 Å². The maximum atomic E-state index is 12.9. The van der Waals surface area contributed by atoms with Crippen molar-refractivity contribution in [1.82, 2.24) is 4.98 Å². The van der Waals surface area contributed by atoms with Crippen molar-refractivity contribution < 1.29 is 4.39 Å². The van der Waals surface area contributed by atoms with Crippen LogP contribution in [0.5, 0.6) is 0 Å². The third-order valence-electron chi connectivity index (χ3n) is 1.86. The van der Waals surface area contributed by atoms with Gasteiger partial charge in [-0.05, 0) is 24.3 Å². The van der Waals surface area contributed by atoms with Crippen LogP contribution in [-0.2, 0) is 0 Å². The van der Waals surface area contributed by atoms with Gasteiger partial charge in [0.2, 0.25) is 0 Å². The highest BCUT2D eigenvalue weighted by Crippen LogP contribution is 2.20. The molecule has 4 heteroatoms. The van der Waals surface area contributed by atoms with Crippen molar-refractivity contribution in [2.45, 2.75) is 0 Å². The summed E-state index contributed by atoms with van der Waals surface area (Å²) in [6, 6.07) is 7.42. The summed E-state index contributed by atoms with van der Waals surface area (Å²) >= 11 is 5.69. The van der Waals surface area contributed by atoms with Crippen molar-refractivity contribution in [3.63, 3.8) is 0 Å². The highest BCUT2D eigenvalue weighted by Gasteiger charge is 2.04. The minimum absolute atomic E-state index is 0.237. The van der Waals surface area contributed by atoms with Gasteiger partial charge in [-0.3, -0.25) is 0 Å². The zero-order chi connectivity index (χ0) is 10.1. The number of pyridine rings is 1. The Morgan fingerprint density at radius 3 is 2.86 bits per heavy atom. The molecule has 0 spiro atoms. The molecule has 1 aromatic carbocycles. The van der Waals surface area contributed by atoms with Gasteiger partial charge < -0.3 is 0 Å². The summed E-state index contributed by atoms with van der Waals surface area (Å²) in [6.45, 7) is 0. The molecule has 2 aromatic rings. The predicted octanol–water partition coefficient (Wildman–Crippen LogP) is 2.90. The smallest absolute Gasteiger partial charge is 0.131 e. The third kappa shape index (κ3) is 1.40. The van der Waals surface area contributed by atoms with Gasteiger partial charge >= 0.3 is 0 Å². The van der Waals surface area contributed by atoms with Crippen molar-refractivity contribution in [2.24, 2.45) is 0 Å². The molecule has 1 aromatic heterocycles. The summed E-state index contributed by atoms with van der Waals surface area (Å²) in [4.78, 5) is 3.97. The molecule has 68 valence electrons. The van der Waals surface area contributed by atoms with Gasteiger partial charge in [-0.2, -0.15) is 5.26 Å². The summed E-state index contributed by atoms with van der Waals surface area (Å²) in [7, 11) is 0. The Hall–Kier alpha value is -1.66. The minimum atomic E-state index is -0.391. The van der Waals surface area contributed by atoms with Crippen LogP contribution >= 0.6 is 11.6 Å². The van der Waals surface area contributed by atoms with E-state index in [1.165, 1.54) is 24.3 Å². The first-order valence-corrected chi connectivity index (χ1v) is 4.24. The fraction of sp³-hybridized carbons (Fsp3) is 0. The van der Waals surface area contributed by atoms with Crippen LogP contribution < -0.4 is 0 Å². The first-order chi connectivity index (χ1) is 6.70. The highest BCUT2D eigenvalue weighted by atomic mass is 35.5. The van der Waals surface area contributed by atoms with Crippen LogP contribution in [0, 0.1) is 17.1 Å². The van der Waals surface area contributed by atoms with Gasteiger partial charge in [0, 0.05) is 5.39 Å². The van der Waals surface area contributed by atoms with Crippen molar-refractivity contribution in [2.75, 3.05) is 0 Å². The van der Waals surface area contributed by atoms with E-state index < -0.39 is 5.82 Å². The lowest BCUT2D eigenvalue weighted by Gasteiger charge is -2.00. The van der Waals surface area contributed by atoms with Gasteiger partial charge in [-0.25, -0.2) is 9.37 Å². The van der Waals surface area contributed by atoms with Gasteiger partial charge in [-0.1, -0.05) is 11.6 Å². The normalized spacial score (nSPS) is 10.1. The van der Waals surface area contributed by atoms with Crippen molar-refractivity contribution in [3.8, 4) is 6.07 Å². The Morgan fingerprint density at radius 1 is 1.36 bits per heavy atom. The summed E-state index contributed by atoms with van der Waals surface area (Å²) in [5, 5.41) is 9.51. The Morgan fingerprint density at radius 2 is 2.14 bits per heavy atom. The Balaban J connectivity index is 2.90. The second-order valence-corrected chi connectivity index (χ2v) is 3.15. The van der Waals surface area contributed by atoms with Gasteiger partial charge in [0.1, 0.15) is 11.0 Å². The summed E-state index contributed by atoms with van der Waals surface area (Å²) in [6.07, 6.45) is 0. The molecule has 0 saturated heterocycles. The SMILES string of the molecule is N#Cc1cc(Cl)nc2ccc(F)cc12. The number of benzene rings is 1. The molecule has 0 bridgehead atoms. The first kappa shape index (κ1) is 8.92. The van der Waals surface area contributed by atoms with Crippen LogP contribution in [0.4, 0.5) is 4.39 Å². The number of nitriles is 1. The second-order valence-electron chi connectivity index (χ2n) is 2.77. The fourth-order valence-corrected chi connectivity index (χ4v) is 1.46. The number of rotatable bonds is 0. The largest absolute Gasteiger partial charge is 0.236 e. The minimum Gasteiger partial charge on any atom is -0.236 e. The monoisotopic (exact) mass is 206 g/mol. The lowest BCUT2D eigenvalue weighted by atomic mass is 10.1. The molecule has 0 fully saturated rings. The quantitative estimate of drug-likeness (QED) is 0.622. The van der Waals surface area contributed by atoms with Crippen molar-refractivity contribution in [3.05, 3.63) is 40.8 Å². The fourth-order valence-electron chi connectivity index (χ4n) is 1.26. The van der Waals surface area contributed by atoms with Crippen LogP contribution in [0.15, 0.2) is 24.3 Å². The molecule has 0 radical (unpaired) electrons.